The molecule has 0 spiro atoms. The number of rotatable bonds is 7. The maximum atomic E-state index is 12.0. The first-order valence-electron chi connectivity index (χ1n) is 8.10. The van der Waals surface area contributed by atoms with Crippen LogP contribution in [0.3, 0.4) is 0 Å². The van der Waals surface area contributed by atoms with Crippen LogP contribution in [-0.4, -0.2) is 26.2 Å². The Morgan fingerprint density at radius 1 is 1.08 bits per heavy atom. The van der Waals surface area contributed by atoms with E-state index in [-0.39, 0.29) is 12.5 Å². The van der Waals surface area contributed by atoms with Crippen LogP contribution in [0.15, 0.2) is 36.4 Å². The molecule has 0 heterocycles. The number of benzene rings is 2. The number of amides is 1. The summed E-state index contributed by atoms with van der Waals surface area (Å²) in [6.07, 6.45) is 0.721. The van der Waals surface area contributed by atoms with E-state index in [0.29, 0.717) is 6.54 Å². The van der Waals surface area contributed by atoms with Crippen molar-refractivity contribution in [1.82, 2.24) is 5.32 Å². The number of nitrogens with one attached hydrogen (secondary N) is 1. The predicted molar refractivity (Wildman–Crippen MR) is 95.9 cm³/mol. The van der Waals surface area contributed by atoms with E-state index in [2.05, 4.69) is 17.4 Å². The fourth-order valence-corrected chi connectivity index (χ4v) is 2.83. The van der Waals surface area contributed by atoms with Crippen molar-refractivity contribution >= 4 is 5.91 Å². The van der Waals surface area contributed by atoms with Gasteiger partial charge in [0, 0.05) is 6.54 Å². The highest BCUT2D eigenvalue weighted by atomic mass is 16.5. The maximum absolute atomic E-state index is 12.0. The van der Waals surface area contributed by atoms with E-state index in [0.717, 1.165) is 34.6 Å². The third kappa shape index (κ3) is 4.75. The minimum Gasteiger partial charge on any atom is -0.496 e. The Labute approximate surface area is 143 Å². The van der Waals surface area contributed by atoms with E-state index < -0.39 is 0 Å². The fourth-order valence-electron chi connectivity index (χ4n) is 2.83. The fraction of sp³-hybridized carbons (Fsp3) is 0.350. The molecule has 2 aromatic rings. The number of ether oxygens (including phenoxy) is 2. The molecule has 0 saturated heterocycles. The smallest absolute Gasteiger partial charge is 0.257 e. The second kappa shape index (κ2) is 8.39. The molecule has 0 saturated carbocycles. The molecule has 1 amide bonds. The van der Waals surface area contributed by atoms with Crippen molar-refractivity contribution in [2.24, 2.45) is 0 Å². The molecule has 4 nitrogen and oxygen atoms in total. The van der Waals surface area contributed by atoms with Crippen LogP contribution in [-0.2, 0) is 11.2 Å². The molecule has 0 unspecified atom stereocenters. The normalized spacial score (nSPS) is 10.3. The highest BCUT2D eigenvalue weighted by Gasteiger charge is 2.08. The van der Waals surface area contributed by atoms with E-state index in [4.69, 9.17) is 9.47 Å². The molecule has 0 aliphatic heterocycles. The van der Waals surface area contributed by atoms with Gasteiger partial charge in [0.15, 0.2) is 6.61 Å². The molecule has 0 atom stereocenters. The van der Waals surface area contributed by atoms with Gasteiger partial charge in [-0.15, -0.1) is 0 Å². The van der Waals surface area contributed by atoms with Crippen molar-refractivity contribution in [1.29, 1.82) is 0 Å². The zero-order valence-corrected chi connectivity index (χ0v) is 14.8. The summed E-state index contributed by atoms with van der Waals surface area (Å²) in [5, 5.41) is 2.88. The zero-order chi connectivity index (χ0) is 17.5. The molecule has 0 fully saturated rings. The van der Waals surface area contributed by atoms with Crippen molar-refractivity contribution < 1.29 is 14.3 Å². The van der Waals surface area contributed by atoms with Crippen LogP contribution >= 0.6 is 0 Å². The van der Waals surface area contributed by atoms with Gasteiger partial charge < -0.3 is 14.8 Å². The summed E-state index contributed by atoms with van der Waals surface area (Å²) < 4.78 is 11.0. The Bertz CT molecular complexity index is 687. The van der Waals surface area contributed by atoms with Gasteiger partial charge in [-0.3, -0.25) is 4.79 Å². The highest BCUT2D eigenvalue weighted by molar-refractivity contribution is 5.77. The molecule has 0 radical (unpaired) electrons. The molecule has 0 aliphatic rings. The van der Waals surface area contributed by atoms with Gasteiger partial charge in [-0.2, -0.15) is 0 Å². The first-order chi connectivity index (χ1) is 11.5. The van der Waals surface area contributed by atoms with Crippen molar-refractivity contribution in [3.63, 3.8) is 0 Å². The quantitative estimate of drug-likeness (QED) is 0.848. The summed E-state index contributed by atoms with van der Waals surface area (Å²) in [7, 11) is 1.65. The van der Waals surface area contributed by atoms with Crippen LogP contribution in [0.1, 0.15) is 22.3 Å². The van der Waals surface area contributed by atoms with Crippen LogP contribution in [0.5, 0.6) is 11.5 Å². The Morgan fingerprint density at radius 3 is 2.42 bits per heavy atom. The van der Waals surface area contributed by atoms with Crippen LogP contribution < -0.4 is 14.8 Å². The van der Waals surface area contributed by atoms with Crippen molar-refractivity contribution in [3.8, 4) is 11.5 Å². The van der Waals surface area contributed by atoms with Gasteiger partial charge in [0.1, 0.15) is 11.5 Å². The predicted octanol–water partition coefficient (Wildman–Crippen LogP) is 3.36. The molecule has 0 aliphatic carbocycles. The highest BCUT2D eigenvalue weighted by Crippen LogP contribution is 2.24. The van der Waals surface area contributed by atoms with Gasteiger partial charge in [0.05, 0.1) is 7.11 Å². The van der Waals surface area contributed by atoms with E-state index in [1.807, 2.05) is 45.0 Å². The van der Waals surface area contributed by atoms with Gasteiger partial charge in [0.25, 0.3) is 5.91 Å². The summed E-state index contributed by atoms with van der Waals surface area (Å²) >= 11 is 0. The van der Waals surface area contributed by atoms with Gasteiger partial charge in [-0.05, 0) is 49.9 Å². The molecule has 0 bridgehead atoms. The van der Waals surface area contributed by atoms with Crippen molar-refractivity contribution in [2.75, 3.05) is 20.3 Å². The standard InChI is InChI=1S/C20H25NO3/c1-14-11-15(2)20(16(3)12-14)24-13-19(22)21-10-9-17-7-5-6-8-18(17)23-4/h5-8,11-12H,9-10,13H2,1-4H3,(H,21,22). The third-order valence-electron chi connectivity index (χ3n) is 3.86. The topological polar surface area (TPSA) is 47.6 Å². The number of methoxy groups -OCH3 is 1. The largest absolute Gasteiger partial charge is 0.496 e. The number of para-hydroxylation sites is 1. The molecule has 128 valence electrons. The number of aryl methyl sites for hydroxylation is 3. The minimum absolute atomic E-state index is 0.0245. The van der Waals surface area contributed by atoms with Gasteiger partial charge in [-0.25, -0.2) is 0 Å². The number of hydrogen-bond donors (Lipinski definition) is 1. The number of carbonyl (C=O) groups is 1. The number of carbonyl (C=O) groups excluding carboxylic acids is 1. The molecule has 0 aromatic heterocycles. The lowest BCUT2D eigenvalue weighted by Crippen LogP contribution is -2.30. The second-order valence-corrected chi connectivity index (χ2v) is 5.93. The molecular weight excluding hydrogens is 302 g/mol. The van der Waals surface area contributed by atoms with Crippen LogP contribution in [0.2, 0.25) is 0 Å². The molecule has 1 N–H and O–H groups in total. The molecular formula is C20H25NO3. The lowest BCUT2D eigenvalue weighted by Gasteiger charge is -2.13. The first-order valence-corrected chi connectivity index (χ1v) is 8.10. The summed E-state index contributed by atoms with van der Waals surface area (Å²) in [6, 6.07) is 11.9. The summed E-state index contributed by atoms with van der Waals surface area (Å²) in [6.45, 7) is 6.61. The van der Waals surface area contributed by atoms with E-state index in [9.17, 15) is 4.79 Å². The number of hydrogen-bond acceptors (Lipinski definition) is 3. The van der Waals surface area contributed by atoms with Gasteiger partial charge >= 0.3 is 0 Å². The van der Waals surface area contributed by atoms with E-state index >= 15 is 0 Å². The first kappa shape index (κ1) is 17.9. The Morgan fingerprint density at radius 2 is 1.75 bits per heavy atom. The van der Waals surface area contributed by atoms with Crippen molar-refractivity contribution in [2.45, 2.75) is 27.2 Å². The monoisotopic (exact) mass is 327 g/mol. The molecule has 24 heavy (non-hydrogen) atoms. The van der Waals surface area contributed by atoms with Crippen LogP contribution in [0.25, 0.3) is 0 Å². The summed E-state index contributed by atoms with van der Waals surface area (Å²) in [5.41, 5.74) is 4.37. The average Bonchev–Trinajstić information content (AvgIpc) is 2.54. The zero-order valence-electron chi connectivity index (χ0n) is 14.8. The van der Waals surface area contributed by atoms with Gasteiger partial charge in [-0.1, -0.05) is 35.9 Å². The summed E-state index contributed by atoms with van der Waals surface area (Å²) in [4.78, 5) is 12.0. The third-order valence-corrected chi connectivity index (χ3v) is 3.86. The van der Waals surface area contributed by atoms with Crippen LogP contribution in [0, 0.1) is 20.8 Å². The average molecular weight is 327 g/mol. The molecule has 4 heteroatoms. The Balaban J connectivity index is 1.82. The summed E-state index contributed by atoms with van der Waals surface area (Å²) in [5.74, 6) is 1.51. The molecule has 2 aromatic carbocycles. The Hall–Kier alpha value is -2.49. The van der Waals surface area contributed by atoms with Gasteiger partial charge in [0.2, 0.25) is 0 Å². The van der Waals surface area contributed by atoms with Crippen molar-refractivity contribution in [3.05, 3.63) is 58.7 Å². The van der Waals surface area contributed by atoms with Crippen LogP contribution in [0.4, 0.5) is 0 Å². The minimum atomic E-state index is -0.121. The lowest BCUT2D eigenvalue weighted by atomic mass is 10.1. The Kier molecular flexibility index (Phi) is 6.24. The second-order valence-electron chi connectivity index (χ2n) is 5.93. The van der Waals surface area contributed by atoms with E-state index in [1.165, 1.54) is 5.56 Å². The maximum Gasteiger partial charge on any atom is 0.257 e. The lowest BCUT2D eigenvalue weighted by molar-refractivity contribution is -0.123. The SMILES string of the molecule is COc1ccccc1CCNC(=O)COc1c(C)cc(C)cc1C. The molecule has 2 rings (SSSR count). The van der Waals surface area contributed by atoms with E-state index in [1.54, 1.807) is 7.11 Å².